The molecule has 1 heterocycles. The minimum Gasteiger partial charge on any atom is -0.288 e. The molecule has 88 valence electrons. The van der Waals surface area contributed by atoms with E-state index in [9.17, 15) is 9.18 Å². The summed E-state index contributed by atoms with van der Waals surface area (Å²) >= 11 is 4.52. The predicted molar refractivity (Wildman–Crippen MR) is 69.1 cm³/mol. The minimum atomic E-state index is -0.511. The number of carbonyl (C=O) groups is 1. The van der Waals surface area contributed by atoms with Crippen LogP contribution in [0.5, 0.6) is 0 Å². The van der Waals surface area contributed by atoms with Gasteiger partial charge in [0.05, 0.1) is 21.1 Å². The fourth-order valence-corrected chi connectivity index (χ4v) is 2.77. The van der Waals surface area contributed by atoms with Crippen LogP contribution in [-0.4, -0.2) is 10.8 Å². The number of hydrogen-bond acceptors (Lipinski definition) is 3. The predicted octanol–water partition coefficient (Wildman–Crippen LogP) is 3.89. The second-order valence-electron chi connectivity index (χ2n) is 3.60. The molecule has 0 aliphatic rings. The monoisotopic (exact) mass is 313 g/mol. The topological polar surface area (TPSA) is 30.0 Å². The molecule has 0 unspecified atom stereocenters. The quantitative estimate of drug-likeness (QED) is 0.787. The average Bonchev–Trinajstić information content (AvgIpc) is 2.60. The zero-order valence-electron chi connectivity index (χ0n) is 9.25. The van der Waals surface area contributed by atoms with Crippen LogP contribution in [0.2, 0.25) is 0 Å². The van der Waals surface area contributed by atoms with Crippen LogP contribution < -0.4 is 0 Å². The highest BCUT2D eigenvalue weighted by molar-refractivity contribution is 9.10. The maximum absolute atomic E-state index is 13.6. The highest BCUT2D eigenvalue weighted by Gasteiger charge is 2.19. The molecule has 1 aromatic carbocycles. The Morgan fingerprint density at radius 3 is 2.71 bits per heavy atom. The van der Waals surface area contributed by atoms with Crippen LogP contribution in [0.3, 0.4) is 0 Å². The summed E-state index contributed by atoms with van der Waals surface area (Å²) in [4.78, 5) is 16.8. The van der Waals surface area contributed by atoms with Crippen molar-refractivity contribution >= 4 is 33.0 Å². The SMILES string of the molecule is Cc1nc(C)c(C(=O)c2cc(Br)ccc2F)s1. The van der Waals surface area contributed by atoms with Gasteiger partial charge in [0.15, 0.2) is 0 Å². The molecule has 0 saturated carbocycles. The van der Waals surface area contributed by atoms with Crippen molar-refractivity contribution < 1.29 is 9.18 Å². The molecule has 17 heavy (non-hydrogen) atoms. The van der Waals surface area contributed by atoms with Crippen molar-refractivity contribution in [1.29, 1.82) is 0 Å². The van der Waals surface area contributed by atoms with Gasteiger partial charge in [0.1, 0.15) is 5.82 Å². The summed E-state index contributed by atoms with van der Waals surface area (Å²) in [6.45, 7) is 3.58. The van der Waals surface area contributed by atoms with Crippen molar-refractivity contribution in [2.24, 2.45) is 0 Å². The number of aromatic nitrogens is 1. The molecule has 0 radical (unpaired) electrons. The maximum Gasteiger partial charge on any atom is 0.207 e. The molecule has 2 nitrogen and oxygen atoms in total. The second kappa shape index (κ2) is 4.66. The summed E-state index contributed by atoms with van der Waals surface area (Å²) in [6.07, 6.45) is 0. The van der Waals surface area contributed by atoms with Crippen molar-refractivity contribution in [2.75, 3.05) is 0 Å². The number of benzene rings is 1. The van der Waals surface area contributed by atoms with Crippen LogP contribution in [-0.2, 0) is 0 Å². The maximum atomic E-state index is 13.6. The zero-order chi connectivity index (χ0) is 12.6. The standard InChI is InChI=1S/C12H9BrFNOS/c1-6-12(17-7(2)15-6)11(16)9-5-8(13)3-4-10(9)14/h3-5H,1-2H3. The normalized spacial score (nSPS) is 10.6. The molecular weight excluding hydrogens is 305 g/mol. The van der Waals surface area contributed by atoms with Gasteiger partial charge in [-0.1, -0.05) is 15.9 Å². The number of aryl methyl sites for hydroxylation is 2. The Morgan fingerprint density at radius 2 is 2.12 bits per heavy atom. The fraction of sp³-hybridized carbons (Fsp3) is 0.167. The van der Waals surface area contributed by atoms with Gasteiger partial charge >= 0.3 is 0 Å². The van der Waals surface area contributed by atoms with Crippen LogP contribution in [0.25, 0.3) is 0 Å². The van der Waals surface area contributed by atoms with E-state index in [-0.39, 0.29) is 11.3 Å². The van der Waals surface area contributed by atoms with E-state index >= 15 is 0 Å². The molecule has 0 aliphatic heterocycles. The minimum absolute atomic E-state index is 0.0751. The van der Waals surface area contributed by atoms with E-state index in [0.29, 0.717) is 15.0 Å². The smallest absolute Gasteiger partial charge is 0.207 e. The van der Waals surface area contributed by atoms with E-state index < -0.39 is 5.82 Å². The summed E-state index contributed by atoms with van der Waals surface area (Å²) in [6, 6.07) is 4.34. The third-order valence-electron chi connectivity index (χ3n) is 2.28. The van der Waals surface area contributed by atoms with Crippen LogP contribution in [0, 0.1) is 19.7 Å². The van der Waals surface area contributed by atoms with Gasteiger partial charge in [-0.05, 0) is 32.0 Å². The Balaban J connectivity index is 2.50. The van der Waals surface area contributed by atoms with Crippen LogP contribution in [0.15, 0.2) is 22.7 Å². The van der Waals surface area contributed by atoms with Gasteiger partial charge in [-0.2, -0.15) is 0 Å². The summed E-state index contributed by atoms with van der Waals surface area (Å²) in [5.41, 5.74) is 0.725. The van der Waals surface area contributed by atoms with Gasteiger partial charge in [0.2, 0.25) is 5.78 Å². The summed E-state index contributed by atoms with van der Waals surface area (Å²) in [5.74, 6) is -0.824. The van der Waals surface area contributed by atoms with Crippen LogP contribution >= 0.6 is 27.3 Å². The first-order valence-electron chi connectivity index (χ1n) is 4.93. The molecule has 5 heteroatoms. The first-order chi connectivity index (χ1) is 7.99. The third kappa shape index (κ3) is 2.45. The fourth-order valence-electron chi connectivity index (χ4n) is 1.54. The lowest BCUT2D eigenvalue weighted by molar-refractivity contribution is 0.103. The number of hydrogen-bond donors (Lipinski definition) is 0. The van der Waals surface area contributed by atoms with Crippen molar-refractivity contribution in [3.05, 3.63) is 49.6 Å². The molecule has 1 aromatic heterocycles. The number of ketones is 1. The Morgan fingerprint density at radius 1 is 1.41 bits per heavy atom. The molecule has 0 spiro atoms. The van der Waals surface area contributed by atoms with E-state index in [1.54, 1.807) is 13.0 Å². The Hall–Kier alpha value is -1.07. The van der Waals surface area contributed by atoms with E-state index in [1.165, 1.54) is 23.5 Å². The van der Waals surface area contributed by atoms with E-state index in [0.717, 1.165) is 5.01 Å². The summed E-state index contributed by atoms with van der Waals surface area (Å²) in [7, 11) is 0. The van der Waals surface area contributed by atoms with Crippen molar-refractivity contribution in [3.63, 3.8) is 0 Å². The largest absolute Gasteiger partial charge is 0.288 e. The highest BCUT2D eigenvalue weighted by Crippen LogP contribution is 2.24. The number of thiazole rings is 1. The number of nitrogens with zero attached hydrogens (tertiary/aromatic N) is 1. The molecule has 2 aromatic rings. The lowest BCUT2D eigenvalue weighted by Crippen LogP contribution is -2.04. The Bertz CT molecular complexity index is 594. The number of rotatable bonds is 2. The summed E-state index contributed by atoms with van der Waals surface area (Å²) in [5, 5.41) is 0.807. The zero-order valence-corrected chi connectivity index (χ0v) is 11.7. The molecule has 0 bridgehead atoms. The Kier molecular flexibility index (Phi) is 3.40. The molecule has 0 fully saturated rings. The van der Waals surface area contributed by atoms with Gasteiger partial charge in [-0.15, -0.1) is 11.3 Å². The average molecular weight is 314 g/mol. The molecule has 0 saturated heterocycles. The lowest BCUT2D eigenvalue weighted by Gasteiger charge is -2.01. The molecular formula is C12H9BrFNOS. The molecule has 0 amide bonds. The highest BCUT2D eigenvalue weighted by atomic mass is 79.9. The third-order valence-corrected chi connectivity index (χ3v) is 3.85. The second-order valence-corrected chi connectivity index (χ2v) is 5.72. The van der Waals surface area contributed by atoms with Crippen LogP contribution in [0.1, 0.15) is 25.9 Å². The van der Waals surface area contributed by atoms with Crippen molar-refractivity contribution in [3.8, 4) is 0 Å². The van der Waals surface area contributed by atoms with E-state index in [2.05, 4.69) is 20.9 Å². The van der Waals surface area contributed by atoms with Gasteiger partial charge in [0, 0.05) is 4.47 Å². The van der Waals surface area contributed by atoms with Gasteiger partial charge in [-0.3, -0.25) is 4.79 Å². The summed E-state index contributed by atoms with van der Waals surface area (Å²) < 4.78 is 14.3. The van der Waals surface area contributed by atoms with Gasteiger partial charge < -0.3 is 0 Å². The molecule has 0 aliphatic carbocycles. The first-order valence-corrected chi connectivity index (χ1v) is 6.54. The van der Waals surface area contributed by atoms with E-state index in [4.69, 9.17) is 0 Å². The van der Waals surface area contributed by atoms with Gasteiger partial charge in [-0.25, -0.2) is 9.37 Å². The van der Waals surface area contributed by atoms with E-state index in [1.807, 2.05) is 6.92 Å². The number of halogens is 2. The van der Waals surface area contributed by atoms with Crippen molar-refractivity contribution in [1.82, 2.24) is 4.98 Å². The number of carbonyl (C=O) groups excluding carboxylic acids is 1. The van der Waals surface area contributed by atoms with Crippen molar-refractivity contribution in [2.45, 2.75) is 13.8 Å². The Labute approximate surface area is 111 Å². The lowest BCUT2D eigenvalue weighted by atomic mass is 10.1. The van der Waals surface area contributed by atoms with Gasteiger partial charge in [0.25, 0.3) is 0 Å². The molecule has 0 N–H and O–H groups in total. The molecule has 2 rings (SSSR count). The van der Waals surface area contributed by atoms with Crippen LogP contribution in [0.4, 0.5) is 4.39 Å². The first kappa shape index (κ1) is 12.4. The molecule has 0 atom stereocenters.